The molecule has 136 valence electrons. The molecule has 0 atom stereocenters. The van der Waals surface area contributed by atoms with Gasteiger partial charge in [-0.05, 0) is 6.42 Å². The van der Waals surface area contributed by atoms with Gasteiger partial charge in [-0.3, -0.25) is 0 Å². The zero-order valence-corrected chi connectivity index (χ0v) is 18.8. The van der Waals surface area contributed by atoms with Gasteiger partial charge in [0.15, 0.2) is 0 Å². The van der Waals surface area contributed by atoms with Gasteiger partial charge in [0, 0.05) is 0 Å². The fourth-order valence-electron chi connectivity index (χ4n) is 2.72. The van der Waals surface area contributed by atoms with E-state index in [0.29, 0.717) is 0 Å². The summed E-state index contributed by atoms with van der Waals surface area (Å²) in [4.78, 5) is 0. The first-order valence-electron chi connectivity index (χ1n) is 8.27. The number of halogens is 2. The van der Waals surface area contributed by atoms with Gasteiger partial charge in [-0.15, -0.1) is 5.56 Å². The largest absolute Gasteiger partial charge is 1.00 e. The smallest absolute Gasteiger partial charge is 0.0253 e. The van der Waals surface area contributed by atoms with Crippen molar-refractivity contribution in [2.75, 3.05) is 0 Å². The summed E-state index contributed by atoms with van der Waals surface area (Å²) in [5, 5.41) is 0. The summed E-state index contributed by atoms with van der Waals surface area (Å²) in [6, 6.07) is 24.5. The van der Waals surface area contributed by atoms with Gasteiger partial charge in [-0.1, -0.05) is 49.2 Å². The van der Waals surface area contributed by atoms with E-state index in [4.69, 9.17) is 0 Å². The van der Waals surface area contributed by atoms with E-state index in [1.54, 1.807) is 0 Å². The molecule has 0 saturated carbocycles. The Morgan fingerprint density at radius 3 is 1.96 bits per heavy atom. The fourth-order valence-corrected chi connectivity index (χ4v) is 2.72. The topological polar surface area (TPSA) is 0 Å². The third-order valence-corrected chi connectivity index (χ3v) is 3.68. The standard InChI is InChI=1S/C13H9.C7H9.C3H6.2ClH.Ti/c1-3-7-12-10(5-1)9-11-6-2-4-8-13(11)12;1-6-3-4-7(2)5-6;1-3-2;;;/h1-5,7-8H,9H2;3-5H,1-2H3;1-2H3;2*1H;/q2*-1;;;;+2/p-2. The number of fused-ring (bicyclic) bond motifs is 3. The number of hydrogen-bond donors (Lipinski definition) is 0. The molecule has 0 nitrogen and oxygen atoms in total. The molecular formula is C23H24Cl2Ti-2. The first-order chi connectivity index (χ1) is 11.5. The molecule has 3 aromatic rings. The molecule has 1 aliphatic carbocycles. The van der Waals surface area contributed by atoms with Crippen LogP contribution in [0.2, 0.25) is 0 Å². The van der Waals surface area contributed by atoms with E-state index < -0.39 is 0 Å². The van der Waals surface area contributed by atoms with Gasteiger partial charge in [0.25, 0.3) is 0 Å². The molecule has 0 aromatic heterocycles. The predicted molar refractivity (Wildman–Crippen MR) is 101 cm³/mol. The van der Waals surface area contributed by atoms with Crippen molar-refractivity contribution in [3.05, 3.63) is 89.0 Å². The molecule has 3 aromatic carbocycles. The van der Waals surface area contributed by atoms with Crippen LogP contribution < -0.4 is 24.8 Å². The number of benzene rings is 2. The molecule has 26 heavy (non-hydrogen) atoms. The van der Waals surface area contributed by atoms with Gasteiger partial charge < -0.3 is 24.8 Å². The van der Waals surface area contributed by atoms with Crippen molar-refractivity contribution < 1.29 is 44.8 Å². The Balaban J connectivity index is 0.000000415. The molecule has 0 unspecified atom stereocenters. The van der Waals surface area contributed by atoms with Gasteiger partial charge in [-0.25, -0.2) is 12.1 Å². The molecule has 0 fully saturated rings. The van der Waals surface area contributed by atoms with Crippen LogP contribution in [0.5, 0.6) is 0 Å². The number of aryl methyl sites for hydroxylation is 2. The Morgan fingerprint density at radius 2 is 1.42 bits per heavy atom. The van der Waals surface area contributed by atoms with E-state index in [0.717, 1.165) is 6.42 Å². The van der Waals surface area contributed by atoms with Crippen molar-refractivity contribution in [1.82, 2.24) is 0 Å². The van der Waals surface area contributed by atoms with E-state index >= 15 is 0 Å². The van der Waals surface area contributed by atoms with Crippen LogP contribution in [0, 0.1) is 19.9 Å². The predicted octanol–water partition coefficient (Wildman–Crippen LogP) is -0.166. The van der Waals surface area contributed by atoms with Crippen LogP contribution in [0.4, 0.5) is 0 Å². The van der Waals surface area contributed by atoms with Crippen LogP contribution in [0.3, 0.4) is 0 Å². The second-order valence-corrected chi connectivity index (χ2v) is 7.92. The van der Waals surface area contributed by atoms with Crippen LogP contribution in [-0.4, -0.2) is 3.81 Å². The van der Waals surface area contributed by atoms with Crippen molar-refractivity contribution in [3.63, 3.8) is 0 Å². The molecule has 0 heterocycles. The Labute approximate surface area is 182 Å². The molecule has 0 spiro atoms. The molecule has 0 bridgehead atoms. The van der Waals surface area contributed by atoms with Crippen LogP contribution in [0.25, 0.3) is 11.1 Å². The monoisotopic (exact) mass is 418 g/mol. The van der Waals surface area contributed by atoms with E-state index in [1.165, 1.54) is 37.2 Å². The van der Waals surface area contributed by atoms with E-state index in [-0.39, 0.29) is 24.8 Å². The SMILES string of the molecule is C[C](C)=[Ti+2].Cc1ccc(C)[cH-]1.[Cl-].[Cl-].[c-]1cccc2c1Cc1ccccc1-2. The molecule has 3 heteroatoms. The van der Waals surface area contributed by atoms with E-state index in [2.05, 4.69) is 108 Å². The Kier molecular flexibility index (Phi) is 11.9. The first kappa shape index (κ1) is 25.0. The van der Waals surface area contributed by atoms with Crippen LogP contribution >= 0.6 is 0 Å². The second kappa shape index (κ2) is 12.4. The Bertz CT molecular complexity index is 754. The number of hydrogen-bond acceptors (Lipinski definition) is 0. The zero-order valence-electron chi connectivity index (χ0n) is 15.7. The maximum atomic E-state index is 3.30. The third-order valence-electron chi connectivity index (χ3n) is 3.68. The summed E-state index contributed by atoms with van der Waals surface area (Å²) in [6.45, 7) is 8.38. The minimum Gasteiger partial charge on any atom is -1.00 e. The fraction of sp³-hybridized carbons (Fsp3) is 0.217. The minimum atomic E-state index is 0. The summed E-state index contributed by atoms with van der Waals surface area (Å²) < 4.78 is 1.42. The third kappa shape index (κ3) is 7.68. The normalized spacial score (nSPS) is 9.77. The molecule has 0 radical (unpaired) electrons. The molecule has 0 N–H and O–H groups in total. The van der Waals surface area contributed by atoms with Crippen molar-refractivity contribution in [2.45, 2.75) is 34.1 Å². The maximum absolute atomic E-state index is 3.30. The Morgan fingerprint density at radius 1 is 0.885 bits per heavy atom. The molecule has 0 amide bonds. The summed E-state index contributed by atoms with van der Waals surface area (Å²) in [5.74, 6) is 0. The van der Waals surface area contributed by atoms with Crippen molar-refractivity contribution in [2.24, 2.45) is 0 Å². The van der Waals surface area contributed by atoms with Crippen LogP contribution in [0.15, 0.2) is 60.7 Å². The average Bonchev–Trinajstić information content (AvgIpc) is 3.10. The quantitative estimate of drug-likeness (QED) is 0.275. The van der Waals surface area contributed by atoms with Gasteiger partial charge in [0.1, 0.15) is 0 Å². The van der Waals surface area contributed by atoms with Gasteiger partial charge in [-0.2, -0.15) is 47.0 Å². The molecule has 4 rings (SSSR count). The minimum absolute atomic E-state index is 0. The van der Waals surface area contributed by atoms with Crippen molar-refractivity contribution in [3.8, 4) is 11.1 Å². The molecule has 1 aliphatic rings. The van der Waals surface area contributed by atoms with Gasteiger partial charge >= 0.3 is 37.6 Å². The summed E-state index contributed by atoms with van der Waals surface area (Å²) >= 11 is 2.08. The second-order valence-electron chi connectivity index (χ2n) is 6.36. The summed E-state index contributed by atoms with van der Waals surface area (Å²) in [5.41, 5.74) is 8.23. The Hall–Kier alpha value is -1.05. The van der Waals surface area contributed by atoms with Gasteiger partial charge in [0.2, 0.25) is 0 Å². The first-order valence-corrected chi connectivity index (χ1v) is 9.05. The number of rotatable bonds is 0. The van der Waals surface area contributed by atoms with Crippen molar-refractivity contribution >= 4 is 3.81 Å². The van der Waals surface area contributed by atoms with Crippen molar-refractivity contribution in [1.29, 1.82) is 0 Å². The maximum Gasteiger partial charge on any atom is -0.0253 e. The van der Waals surface area contributed by atoms with Gasteiger partial charge in [0.05, 0.1) is 0 Å². The van der Waals surface area contributed by atoms with Crippen LogP contribution in [0.1, 0.15) is 36.1 Å². The molecular weight excluding hydrogens is 395 g/mol. The zero-order chi connectivity index (χ0) is 17.5. The molecule has 0 aliphatic heterocycles. The molecule has 0 saturated heterocycles. The summed E-state index contributed by atoms with van der Waals surface area (Å²) in [7, 11) is 0. The average molecular weight is 419 g/mol. The van der Waals surface area contributed by atoms with E-state index in [9.17, 15) is 0 Å². The van der Waals surface area contributed by atoms with Crippen LogP contribution in [-0.2, 0) is 26.4 Å². The summed E-state index contributed by atoms with van der Waals surface area (Å²) in [6.07, 6.45) is 1.05. The van der Waals surface area contributed by atoms with E-state index in [1.807, 2.05) is 6.07 Å².